The third kappa shape index (κ3) is 6.84. The van der Waals surface area contributed by atoms with Gasteiger partial charge in [-0.25, -0.2) is 13.9 Å². The molecule has 5 rings (SSSR count). The lowest BCUT2D eigenvalue weighted by molar-refractivity contribution is -0.273. The van der Waals surface area contributed by atoms with Crippen LogP contribution < -0.4 is 20.7 Å². The van der Waals surface area contributed by atoms with E-state index in [1.54, 1.807) is 32.0 Å². The van der Waals surface area contributed by atoms with E-state index in [1.807, 2.05) is 0 Å². The van der Waals surface area contributed by atoms with E-state index in [9.17, 15) is 27.6 Å². The van der Waals surface area contributed by atoms with E-state index in [4.69, 9.17) is 24.3 Å². The number of hydrogen-bond donors (Lipinski definition) is 4. The van der Waals surface area contributed by atoms with Crippen molar-refractivity contribution in [1.82, 2.24) is 24.6 Å². The van der Waals surface area contributed by atoms with Gasteiger partial charge in [-0.1, -0.05) is 18.2 Å². The number of carbonyl (C=O) groups excluding carboxylic acids is 1. The molecule has 45 heavy (non-hydrogen) atoms. The molecule has 6 atom stereocenters. The third-order valence-electron chi connectivity index (χ3n) is 6.92. The summed E-state index contributed by atoms with van der Waals surface area (Å²) in [7, 11) is -4.61. The molecule has 14 nitrogen and oxygen atoms in total. The zero-order valence-corrected chi connectivity index (χ0v) is 25.2. The Morgan fingerprint density at radius 2 is 1.93 bits per heavy atom. The van der Waals surface area contributed by atoms with E-state index in [2.05, 4.69) is 25.4 Å². The predicted octanol–water partition coefficient (Wildman–Crippen LogP) is 3.65. The Morgan fingerprint density at radius 1 is 1.24 bits per heavy atom. The number of para-hydroxylation sites is 1. The summed E-state index contributed by atoms with van der Waals surface area (Å²) in [6, 6.07) is 6.33. The first-order chi connectivity index (χ1) is 21.1. The Hall–Kier alpha value is -3.57. The van der Waals surface area contributed by atoms with Gasteiger partial charge in [-0.05, 0) is 45.7 Å². The van der Waals surface area contributed by atoms with Crippen molar-refractivity contribution in [2.45, 2.75) is 82.1 Å². The molecular formula is C26H32F4N7O7P. The molecule has 5 N–H and O–H groups in total. The van der Waals surface area contributed by atoms with Gasteiger partial charge in [0, 0.05) is 6.04 Å². The number of nitrogen functional groups attached to an aromatic ring is 1. The highest BCUT2D eigenvalue weighted by molar-refractivity contribution is 7.52. The Morgan fingerprint density at radius 3 is 2.56 bits per heavy atom. The molecule has 3 aromatic rings. The molecule has 0 unspecified atom stereocenters. The van der Waals surface area contributed by atoms with Crippen LogP contribution in [-0.4, -0.2) is 79.4 Å². The molecular weight excluding hydrogens is 629 g/mol. The smallest absolute Gasteiger partial charge is 0.459 e. The van der Waals surface area contributed by atoms with Crippen LogP contribution in [0.3, 0.4) is 0 Å². The van der Waals surface area contributed by atoms with Crippen LogP contribution in [-0.2, 0) is 23.4 Å². The fraction of sp³-hybridized carbons (Fsp3) is 0.538. The zero-order valence-electron chi connectivity index (χ0n) is 24.3. The largest absolute Gasteiger partial charge is 0.462 e. The van der Waals surface area contributed by atoms with Gasteiger partial charge in [0.15, 0.2) is 23.2 Å². The van der Waals surface area contributed by atoms with Crippen molar-refractivity contribution < 1.29 is 50.5 Å². The minimum atomic E-state index is -5.67. The number of halogens is 4. The summed E-state index contributed by atoms with van der Waals surface area (Å²) in [5.41, 5.74) is 1.10. The predicted molar refractivity (Wildman–Crippen MR) is 151 cm³/mol. The highest BCUT2D eigenvalue weighted by Gasteiger charge is 2.73. The van der Waals surface area contributed by atoms with Crippen molar-refractivity contribution in [3.05, 3.63) is 36.7 Å². The molecule has 19 heteroatoms. The number of esters is 1. The minimum absolute atomic E-state index is 0.00523. The third-order valence-corrected chi connectivity index (χ3v) is 8.57. The number of benzene rings is 1. The lowest BCUT2D eigenvalue weighted by Gasteiger charge is -2.31. The van der Waals surface area contributed by atoms with Crippen LogP contribution in [0.5, 0.6) is 5.75 Å². The highest BCUT2D eigenvalue weighted by Crippen LogP contribution is 2.53. The Labute approximate surface area is 254 Å². The van der Waals surface area contributed by atoms with Gasteiger partial charge < -0.3 is 30.2 Å². The maximum Gasteiger partial charge on any atom is 0.459 e. The Kier molecular flexibility index (Phi) is 8.98. The van der Waals surface area contributed by atoms with Crippen LogP contribution in [0.1, 0.15) is 39.8 Å². The van der Waals surface area contributed by atoms with Crippen molar-refractivity contribution in [2.75, 3.05) is 17.7 Å². The number of rotatable bonds is 12. The van der Waals surface area contributed by atoms with Gasteiger partial charge in [0.2, 0.25) is 5.95 Å². The fourth-order valence-electron chi connectivity index (χ4n) is 4.59. The second-order valence-corrected chi connectivity index (χ2v) is 12.6. The molecule has 0 bridgehead atoms. The van der Waals surface area contributed by atoms with E-state index in [1.165, 1.54) is 19.1 Å². The number of anilines is 2. The van der Waals surface area contributed by atoms with Crippen molar-refractivity contribution >= 4 is 36.6 Å². The summed E-state index contributed by atoms with van der Waals surface area (Å²) in [6.07, 6.45) is -11.1. The number of alkyl halides is 4. The number of aromatic nitrogens is 4. The average Bonchev–Trinajstić information content (AvgIpc) is 3.61. The van der Waals surface area contributed by atoms with Crippen LogP contribution in [0.4, 0.5) is 29.3 Å². The number of hydrogen-bond acceptors (Lipinski definition) is 12. The van der Waals surface area contributed by atoms with Crippen LogP contribution in [0.15, 0.2) is 36.7 Å². The van der Waals surface area contributed by atoms with Crippen molar-refractivity contribution in [2.24, 2.45) is 0 Å². The first kappa shape index (κ1) is 32.8. The van der Waals surface area contributed by atoms with Gasteiger partial charge in [0.25, 0.3) is 5.67 Å². The van der Waals surface area contributed by atoms with Gasteiger partial charge in [-0.15, -0.1) is 0 Å². The second kappa shape index (κ2) is 12.3. The summed E-state index contributed by atoms with van der Waals surface area (Å²) in [6.45, 7) is 3.41. The molecule has 1 aromatic carbocycles. The molecule has 246 valence electrons. The lowest BCUT2D eigenvalue weighted by Crippen LogP contribution is -2.54. The molecule has 1 saturated heterocycles. The number of nitrogens with one attached hydrogen (secondary N) is 2. The molecule has 1 aliphatic carbocycles. The summed E-state index contributed by atoms with van der Waals surface area (Å²) < 4.78 is 95.1. The molecule has 0 spiro atoms. The topological polar surface area (TPSA) is 185 Å². The van der Waals surface area contributed by atoms with Gasteiger partial charge in [-0.2, -0.15) is 28.2 Å². The van der Waals surface area contributed by atoms with Gasteiger partial charge in [-0.3, -0.25) is 13.9 Å². The maximum absolute atomic E-state index is 16.2. The SMILES string of the molecule is CC(C)OC(=O)[C@H](C)N[P@](=O)(OC[C@H]1O[C@@H](n2cnc3c(NC4CC4)nc(N)nc32)[C@@](F)(C(F)(F)F)[C@@H]1O)Oc1ccccc1. The molecule has 2 aliphatic rings. The minimum Gasteiger partial charge on any atom is -0.462 e. The van der Waals surface area contributed by atoms with Gasteiger partial charge in [0.05, 0.1) is 19.0 Å². The second-order valence-electron chi connectivity index (χ2n) is 10.9. The van der Waals surface area contributed by atoms with Crippen LogP contribution in [0.25, 0.3) is 11.2 Å². The van der Waals surface area contributed by atoms with E-state index >= 15 is 4.39 Å². The summed E-state index contributed by atoms with van der Waals surface area (Å²) in [4.78, 5) is 24.5. The molecule has 1 saturated carbocycles. The van der Waals surface area contributed by atoms with Crippen LogP contribution >= 0.6 is 7.75 Å². The van der Waals surface area contributed by atoms with Crippen LogP contribution in [0.2, 0.25) is 0 Å². The van der Waals surface area contributed by atoms with Crippen molar-refractivity contribution in [3.63, 3.8) is 0 Å². The molecule has 0 amide bonds. The van der Waals surface area contributed by atoms with Crippen molar-refractivity contribution in [1.29, 1.82) is 0 Å². The normalized spacial score (nSPS) is 25.7. The quantitative estimate of drug-likeness (QED) is 0.125. The number of imidazole rings is 1. The van der Waals surface area contributed by atoms with E-state index in [-0.39, 0.29) is 34.7 Å². The van der Waals surface area contributed by atoms with E-state index in [0.29, 0.717) is 4.57 Å². The average molecular weight is 662 g/mol. The van der Waals surface area contributed by atoms with E-state index < -0.39 is 62.7 Å². The first-order valence-electron chi connectivity index (χ1n) is 13.9. The monoisotopic (exact) mass is 661 g/mol. The van der Waals surface area contributed by atoms with Crippen molar-refractivity contribution in [3.8, 4) is 5.75 Å². The molecule has 2 fully saturated rings. The molecule has 3 heterocycles. The maximum atomic E-state index is 16.2. The first-order valence-corrected chi connectivity index (χ1v) is 15.5. The zero-order chi connectivity index (χ0) is 32.7. The summed E-state index contributed by atoms with van der Waals surface area (Å²) in [5, 5.41) is 16.2. The number of fused-ring (bicyclic) bond motifs is 1. The number of carbonyl (C=O) groups is 1. The lowest BCUT2D eigenvalue weighted by atomic mass is 9.95. The number of aliphatic hydroxyl groups excluding tert-OH is 1. The van der Waals surface area contributed by atoms with Crippen LogP contribution in [0, 0.1) is 0 Å². The molecule has 1 aliphatic heterocycles. The van der Waals surface area contributed by atoms with Gasteiger partial charge in [0.1, 0.15) is 24.0 Å². The summed E-state index contributed by atoms with van der Waals surface area (Å²) in [5.74, 6) is -0.996. The number of nitrogens with two attached hydrogens (primary N) is 1. The number of nitrogens with zero attached hydrogens (tertiary/aromatic N) is 4. The fourth-order valence-corrected chi connectivity index (χ4v) is 6.10. The molecule has 2 aromatic heterocycles. The highest BCUT2D eigenvalue weighted by atomic mass is 31.2. The molecule has 0 radical (unpaired) electrons. The standard InChI is InChI=1S/C26H32F4N7O7P/c1-13(2)42-22(39)14(3)36-45(40,44-16-7-5-4-6-8-16)41-11-17-19(38)25(27,26(28,29)30)23(43-17)37-12-32-18-20(33-15-9-10-15)34-24(31)35-21(18)37/h4-8,12-15,17,19,23,38H,9-11H2,1-3H3,(H,36,40)(H3,31,33,34,35)/t14-,17+,19+,23+,25+,45-/m0/s1. The Balaban J connectivity index is 1.43. The van der Waals surface area contributed by atoms with E-state index in [0.717, 1.165) is 19.2 Å². The number of ether oxygens (including phenoxy) is 2. The number of aliphatic hydroxyl groups is 1. The Bertz CT molecular complexity index is 1580. The summed E-state index contributed by atoms with van der Waals surface area (Å²) >= 11 is 0. The van der Waals surface area contributed by atoms with Gasteiger partial charge >= 0.3 is 19.9 Å².